The number of esters is 3. The van der Waals surface area contributed by atoms with Crippen molar-refractivity contribution in [3.8, 4) is 0 Å². The van der Waals surface area contributed by atoms with Crippen molar-refractivity contribution >= 4 is 17.9 Å². The highest BCUT2D eigenvalue weighted by Gasteiger charge is 2.19. The lowest BCUT2D eigenvalue weighted by Crippen LogP contribution is -2.30. The van der Waals surface area contributed by atoms with E-state index in [1.165, 1.54) is 212 Å². The van der Waals surface area contributed by atoms with Gasteiger partial charge in [0, 0.05) is 19.3 Å². The molecule has 392 valence electrons. The van der Waals surface area contributed by atoms with E-state index < -0.39 is 6.10 Å². The molecule has 67 heavy (non-hydrogen) atoms. The number of unbranched alkanes of at least 4 members (excludes halogenated alkanes) is 37. The van der Waals surface area contributed by atoms with Gasteiger partial charge >= 0.3 is 17.9 Å². The van der Waals surface area contributed by atoms with Crippen LogP contribution in [-0.4, -0.2) is 37.2 Å². The van der Waals surface area contributed by atoms with Crippen molar-refractivity contribution in [2.75, 3.05) is 13.2 Å². The molecule has 0 rings (SSSR count). The molecule has 0 N–H and O–H groups in total. The van der Waals surface area contributed by atoms with Crippen molar-refractivity contribution < 1.29 is 28.6 Å². The van der Waals surface area contributed by atoms with E-state index in [0.29, 0.717) is 19.3 Å². The van der Waals surface area contributed by atoms with E-state index in [1.807, 2.05) is 0 Å². The fraction of sp³-hybridized carbons (Fsp3) is 0.852. The fourth-order valence-corrected chi connectivity index (χ4v) is 8.65. The minimum absolute atomic E-state index is 0.0715. The molecule has 0 bridgehead atoms. The monoisotopic (exact) mass is 941 g/mol. The van der Waals surface area contributed by atoms with Gasteiger partial charge in [-0.3, -0.25) is 14.4 Å². The van der Waals surface area contributed by atoms with Crippen LogP contribution in [0.2, 0.25) is 0 Å². The molecular weight excluding hydrogens is 829 g/mol. The van der Waals surface area contributed by atoms with Gasteiger partial charge in [-0.2, -0.15) is 0 Å². The first-order valence-corrected chi connectivity index (χ1v) is 29.5. The van der Waals surface area contributed by atoms with Gasteiger partial charge in [0.1, 0.15) is 13.2 Å². The quantitative estimate of drug-likeness (QED) is 0.0262. The number of ether oxygens (including phenoxy) is 3. The van der Waals surface area contributed by atoms with Crippen LogP contribution in [0.4, 0.5) is 0 Å². The Balaban J connectivity index is 4.32. The number of carbonyl (C=O) groups excluding carboxylic acids is 3. The summed E-state index contributed by atoms with van der Waals surface area (Å²) in [6.45, 7) is 6.64. The minimum atomic E-state index is -0.773. The van der Waals surface area contributed by atoms with Crippen molar-refractivity contribution in [2.45, 2.75) is 322 Å². The molecule has 6 nitrogen and oxygen atoms in total. The summed E-state index contributed by atoms with van der Waals surface area (Å²) in [5.41, 5.74) is 0. The topological polar surface area (TPSA) is 78.9 Å². The molecule has 0 spiro atoms. The summed E-state index contributed by atoms with van der Waals surface area (Å²) < 4.78 is 16.9. The molecule has 0 aliphatic heterocycles. The number of carbonyl (C=O) groups is 3. The van der Waals surface area contributed by atoms with E-state index >= 15 is 0 Å². The van der Waals surface area contributed by atoms with Crippen LogP contribution in [0.3, 0.4) is 0 Å². The average Bonchev–Trinajstić information content (AvgIpc) is 3.33. The number of rotatable bonds is 54. The van der Waals surface area contributed by atoms with Crippen LogP contribution in [0.25, 0.3) is 0 Å². The van der Waals surface area contributed by atoms with Crippen LogP contribution in [0, 0.1) is 0 Å². The molecule has 0 fully saturated rings. The lowest BCUT2D eigenvalue weighted by atomic mass is 10.0. The third kappa shape index (κ3) is 54.4. The average molecular weight is 942 g/mol. The standard InChI is InChI=1S/C61H112O6/c1-4-7-10-13-16-19-22-25-27-29-31-33-34-36-39-42-45-48-51-54-60(63)66-57-58(56-65-59(62)53-50-47-44-41-38-24-21-18-15-12-9-6-3)67-61(64)55-52-49-46-43-40-37-35-32-30-28-26-23-20-17-14-11-8-5-2/h16,19,25,27-28,30,58H,4-15,17-18,20-24,26,29,31-57H2,1-3H3/b19-16-,27-25-,30-28-. The molecule has 0 radical (unpaired) electrons. The Hall–Kier alpha value is -2.37. The second-order valence-corrected chi connectivity index (χ2v) is 19.9. The van der Waals surface area contributed by atoms with Crippen LogP contribution >= 0.6 is 0 Å². The van der Waals surface area contributed by atoms with Gasteiger partial charge in [0.15, 0.2) is 6.10 Å². The van der Waals surface area contributed by atoms with Gasteiger partial charge in [0.25, 0.3) is 0 Å². The highest BCUT2D eigenvalue weighted by atomic mass is 16.6. The van der Waals surface area contributed by atoms with Gasteiger partial charge in [0.2, 0.25) is 0 Å². The molecule has 0 aromatic carbocycles. The lowest BCUT2D eigenvalue weighted by Gasteiger charge is -2.18. The third-order valence-electron chi connectivity index (χ3n) is 13.1. The van der Waals surface area contributed by atoms with Gasteiger partial charge in [-0.1, -0.05) is 256 Å². The van der Waals surface area contributed by atoms with Gasteiger partial charge in [-0.05, 0) is 77.0 Å². The van der Waals surface area contributed by atoms with Crippen LogP contribution < -0.4 is 0 Å². The SMILES string of the molecule is CCCCC/C=C\C/C=C\CCCCCCCCCCCC(=O)OCC(COC(=O)CCCCCCCCCCCCCC)OC(=O)CCCCCCCCC/C=C\CCCCCCCCC. The van der Waals surface area contributed by atoms with Crippen LogP contribution in [0.15, 0.2) is 36.5 Å². The number of hydrogen-bond acceptors (Lipinski definition) is 6. The Morgan fingerprint density at radius 1 is 0.299 bits per heavy atom. The maximum atomic E-state index is 12.9. The fourth-order valence-electron chi connectivity index (χ4n) is 8.65. The van der Waals surface area contributed by atoms with E-state index in [2.05, 4.69) is 57.2 Å². The Bertz CT molecular complexity index is 1130. The summed E-state index contributed by atoms with van der Waals surface area (Å²) in [5, 5.41) is 0. The normalized spacial score (nSPS) is 12.2. The minimum Gasteiger partial charge on any atom is -0.462 e. The summed E-state index contributed by atoms with van der Waals surface area (Å²) in [6, 6.07) is 0. The largest absolute Gasteiger partial charge is 0.462 e. The second-order valence-electron chi connectivity index (χ2n) is 19.9. The highest BCUT2D eigenvalue weighted by molar-refractivity contribution is 5.71. The Morgan fingerprint density at radius 3 is 0.866 bits per heavy atom. The number of allylic oxidation sites excluding steroid dienone is 6. The predicted molar refractivity (Wildman–Crippen MR) is 289 cm³/mol. The zero-order valence-corrected chi connectivity index (χ0v) is 44.9. The molecule has 0 saturated heterocycles. The third-order valence-corrected chi connectivity index (χ3v) is 13.1. The van der Waals surface area contributed by atoms with Crippen LogP contribution in [0.1, 0.15) is 316 Å². The zero-order chi connectivity index (χ0) is 48.6. The first-order chi connectivity index (χ1) is 33.0. The maximum absolute atomic E-state index is 12.9. The van der Waals surface area contributed by atoms with Crippen molar-refractivity contribution in [3.05, 3.63) is 36.5 Å². The molecule has 0 aliphatic rings. The summed E-state index contributed by atoms with van der Waals surface area (Å²) in [5.74, 6) is -0.863. The van der Waals surface area contributed by atoms with Gasteiger partial charge in [-0.15, -0.1) is 0 Å². The van der Waals surface area contributed by atoms with E-state index in [1.54, 1.807) is 0 Å². The van der Waals surface area contributed by atoms with Crippen molar-refractivity contribution in [3.63, 3.8) is 0 Å². The molecule has 0 aliphatic carbocycles. The molecule has 1 unspecified atom stereocenters. The summed E-state index contributed by atoms with van der Waals surface area (Å²) in [4.78, 5) is 38.1. The molecule has 1 atom stereocenters. The second kappa shape index (κ2) is 56.2. The van der Waals surface area contributed by atoms with Gasteiger partial charge in [-0.25, -0.2) is 0 Å². The Labute approximate surface area is 416 Å². The molecule has 0 aromatic heterocycles. The zero-order valence-electron chi connectivity index (χ0n) is 44.9. The maximum Gasteiger partial charge on any atom is 0.306 e. The summed E-state index contributed by atoms with van der Waals surface area (Å²) >= 11 is 0. The Morgan fingerprint density at radius 2 is 0.537 bits per heavy atom. The van der Waals surface area contributed by atoms with Gasteiger partial charge in [0.05, 0.1) is 0 Å². The predicted octanol–water partition coefficient (Wildman–Crippen LogP) is 19.7. The molecule has 0 amide bonds. The molecule has 6 heteroatoms. The lowest BCUT2D eigenvalue weighted by molar-refractivity contribution is -0.167. The van der Waals surface area contributed by atoms with Crippen molar-refractivity contribution in [1.29, 1.82) is 0 Å². The van der Waals surface area contributed by atoms with Gasteiger partial charge < -0.3 is 14.2 Å². The molecule has 0 saturated carbocycles. The van der Waals surface area contributed by atoms with Crippen LogP contribution in [0.5, 0.6) is 0 Å². The highest BCUT2D eigenvalue weighted by Crippen LogP contribution is 2.16. The Kier molecular flexibility index (Phi) is 54.2. The van der Waals surface area contributed by atoms with E-state index in [9.17, 15) is 14.4 Å². The first-order valence-electron chi connectivity index (χ1n) is 29.5. The first kappa shape index (κ1) is 64.6. The summed E-state index contributed by atoms with van der Waals surface area (Å²) in [7, 11) is 0. The van der Waals surface area contributed by atoms with Crippen LogP contribution in [-0.2, 0) is 28.6 Å². The van der Waals surface area contributed by atoms with Crippen molar-refractivity contribution in [2.24, 2.45) is 0 Å². The number of hydrogen-bond donors (Lipinski definition) is 0. The smallest absolute Gasteiger partial charge is 0.306 e. The van der Waals surface area contributed by atoms with E-state index in [-0.39, 0.29) is 31.1 Å². The molecule has 0 aromatic rings. The molecule has 0 heterocycles. The van der Waals surface area contributed by atoms with E-state index in [0.717, 1.165) is 64.2 Å². The van der Waals surface area contributed by atoms with E-state index in [4.69, 9.17) is 14.2 Å². The van der Waals surface area contributed by atoms with Crippen molar-refractivity contribution in [1.82, 2.24) is 0 Å². The molecular formula is C61H112O6. The summed E-state index contributed by atoms with van der Waals surface area (Å²) in [6.07, 6.45) is 67.0.